The molecule has 11 nitrogen and oxygen atoms in total. The molecule has 3 N–H and O–H groups in total. The first-order valence-electron chi connectivity index (χ1n) is 18.3. The van der Waals surface area contributed by atoms with Crippen LogP contribution in [0.4, 0.5) is 0 Å². The lowest BCUT2D eigenvalue weighted by atomic mass is 9.96. The maximum absolute atomic E-state index is 11.5. The second kappa shape index (κ2) is 20.7. The zero-order valence-corrected chi connectivity index (χ0v) is 30.2. The van der Waals surface area contributed by atoms with Crippen LogP contribution in [0.1, 0.15) is 22.3 Å². The van der Waals surface area contributed by atoms with E-state index in [2.05, 4.69) is 6.58 Å². The molecule has 11 heteroatoms. The fourth-order valence-corrected chi connectivity index (χ4v) is 6.58. The van der Waals surface area contributed by atoms with Crippen LogP contribution >= 0.6 is 0 Å². The van der Waals surface area contributed by atoms with Gasteiger partial charge in [0.2, 0.25) is 0 Å². The van der Waals surface area contributed by atoms with E-state index in [1.165, 1.54) is 0 Å². The fourth-order valence-electron chi connectivity index (χ4n) is 6.58. The first-order chi connectivity index (χ1) is 26.5. The number of aliphatic hydroxyl groups excluding tert-OH is 3. The van der Waals surface area contributed by atoms with E-state index in [0.29, 0.717) is 0 Å². The Hall–Kier alpha value is -3.82. The van der Waals surface area contributed by atoms with Gasteiger partial charge in [0.05, 0.1) is 46.2 Å². The Morgan fingerprint density at radius 2 is 1.02 bits per heavy atom. The fraction of sp³-hybridized carbons (Fsp3) is 0.395. The quantitative estimate of drug-likeness (QED) is 0.115. The summed E-state index contributed by atoms with van der Waals surface area (Å²) >= 11 is 0. The zero-order chi connectivity index (χ0) is 37.5. The molecule has 4 aromatic carbocycles. The molecule has 4 aromatic rings. The SMILES string of the molecule is C=CCO[C@H]1[C@H](O[C@H]2[C@H](OCc3ccccc3)[C@@H](OCc3ccccc3)[C@@H](O)O[C@@H]2COCc2ccccc2)O[C@H](CO)[C@H](O)[C@@H]1OCc1ccccc1. The average molecular weight is 743 g/mol. The highest BCUT2D eigenvalue weighted by Gasteiger charge is 2.53. The van der Waals surface area contributed by atoms with Crippen LogP contribution in [-0.2, 0) is 64.3 Å². The summed E-state index contributed by atoms with van der Waals surface area (Å²) in [6.45, 7) is 4.18. The van der Waals surface area contributed by atoms with Crippen LogP contribution in [0.3, 0.4) is 0 Å². The molecule has 2 heterocycles. The Morgan fingerprint density at radius 3 is 1.52 bits per heavy atom. The highest BCUT2D eigenvalue weighted by molar-refractivity contribution is 5.16. The maximum atomic E-state index is 11.5. The third kappa shape index (κ3) is 10.9. The normalized spacial score (nSPS) is 28.4. The average Bonchev–Trinajstić information content (AvgIpc) is 3.21. The van der Waals surface area contributed by atoms with Crippen LogP contribution in [0.25, 0.3) is 0 Å². The van der Waals surface area contributed by atoms with Crippen molar-refractivity contribution < 1.29 is 53.2 Å². The van der Waals surface area contributed by atoms with Crippen molar-refractivity contribution in [1.29, 1.82) is 0 Å². The monoisotopic (exact) mass is 742 g/mol. The van der Waals surface area contributed by atoms with Crippen molar-refractivity contribution in [3.8, 4) is 0 Å². The highest BCUT2D eigenvalue weighted by Crippen LogP contribution is 2.34. The third-order valence-corrected chi connectivity index (χ3v) is 9.36. The van der Waals surface area contributed by atoms with Crippen molar-refractivity contribution in [2.24, 2.45) is 0 Å². The molecule has 2 aliphatic heterocycles. The van der Waals surface area contributed by atoms with Crippen LogP contribution in [-0.4, -0.2) is 96.6 Å². The molecule has 0 spiro atoms. The van der Waals surface area contributed by atoms with Gasteiger partial charge < -0.3 is 53.2 Å². The van der Waals surface area contributed by atoms with Gasteiger partial charge in [0.1, 0.15) is 48.8 Å². The van der Waals surface area contributed by atoms with Crippen molar-refractivity contribution in [3.63, 3.8) is 0 Å². The number of rotatable bonds is 19. The Labute approximate surface area is 316 Å². The lowest BCUT2D eigenvalue weighted by molar-refractivity contribution is -0.369. The van der Waals surface area contributed by atoms with Crippen LogP contribution < -0.4 is 0 Å². The van der Waals surface area contributed by atoms with Gasteiger partial charge in [0, 0.05) is 0 Å². The van der Waals surface area contributed by atoms with E-state index < -0.39 is 68.0 Å². The van der Waals surface area contributed by atoms with Crippen LogP contribution in [0.15, 0.2) is 134 Å². The molecule has 0 unspecified atom stereocenters. The second-order valence-corrected chi connectivity index (χ2v) is 13.3. The summed E-state index contributed by atoms with van der Waals surface area (Å²) < 4.78 is 51.0. The van der Waals surface area contributed by atoms with E-state index in [4.69, 9.17) is 37.9 Å². The topological polar surface area (TPSA) is 135 Å². The zero-order valence-electron chi connectivity index (χ0n) is 30.2. The van der Waals surface area contributed by atoms with E-state index in [1.54, 1.807) is 6.08 Å². The lowest BCUT2D eigenvalue weighted by Crippen LogP contribution is -2.66. The Kier molecular flexibility index (Phi) is 15.3. The van der Waals surface area contributed by atoms with Crippen molar-refractivity contribution in [2.75, 3.05) is 19.8 Å². The summed E-state index contributed by atoms with van der Waals surface area (Å²) in [5.41, 5.74) is 3.63. The molecule has 0 radical (unpaired) electrons. The summed E-state index contributed by atoms with van der Waals surface area (Å²) in [5, 5.41) is 33.3. The molecular weight excluding hydrogens is 692 g/mol. The smallest absolute Gasteiger partial charge is 0.187 e. The minimum atomic E-state index is -1.41. The van der Waals surface area contributed by atoms with E-state index in [1.807, 2.05) is 121 Å². The summed E-state index contributed by atoms with van der Waals surface area (Å²) in [4.78, 5) is 0. The minimum Gasteiger partial charge on any atom is -0.394 e. The van der Waals surface area contributed by atoms with Gasteiger partial charge in [-0.2, -0.15) is 0 Å². The molecule has 0 bridgehead atoms. The van der Waals surface area contributed by atoms with Crippen molar-refractivity contribution in [1.82, 2.24) is 0 Å². The van der Waals surface area contributed by atoms with Crippen LogP contribution in [0.2, 0.25) is 0 Å². The van der Waals surface area contributed by atoms with Gasteiger partial charge >= 0.3 is 0 Å². The molecule has 0 amide bonds. The van der Waals surface area contributed by atoms with E-state index in [-0.39, 0.29) is 39.6 Å². The molecule has 6 rings (SSSR count). The number of benzene rings is 4. The van der Waals surface area contributed by atoms with E-state index in [9.17, 15) is 15.3 Å². The van der Waals surface area contributed by atoms with Crippen LogP contribution in [0.5, 0.6) is 0 Å². The minimum absolute atomic E-state index is 0.0120. The van der Waals surface area contributed by atoms with E-state index in [0.717, 1.165) is 22.3 Å². The summed E-state index contributed by atoms with van der Waals surface area (Å²) in [7, 11) is 0. The lowest BCUT2D eigenvalue weighted by Gasteiger charge is -2.48. The van der Waals surface area contributed by atoms with Gasteiger partial charge in [0.15, 0.2) is 12.6 Å². The molecule has 2 saturated heterocycles. The molecule has 288 valence electrons. The molecule has 10 atom stereocenters. The standard InChI is InChI=1S/C43H50O11/c1-2-23-48-41-38(49-26-31-17-9-4-10-18-31)36(45)34(24-44)53-43(41)54-37-35(29-47-25-30-15-7-3-8-16-30)52-42(46)40(51-28-33-21-13-6-14-22-33)39(37)50-27-32-19-11-5-12-20-32/h2-22,34-46H,1,23-29H2/t34-,35-,36+,37-,38+,39+,40-,41-,42+,43+/m1/s1. The first-order valence-corrected chi connectivity index (χ1v) is 18.3. The van der Waals surface area contributed by atoms with Gasteiger partial charge in [-0.15, -0.1) is 6.58 Å². The van der Waals surface area contributed by atoms with Crippen LogP contribution in [0, 0.1) is 0 Å². The predicted octanol–water partition coefficient (Wildman–Crippen LogP) is 4.71. The number of hydrogen-bond donors (Lipinski definition) is 3. The molecule has 0 aromatic heterocycles. The van der Waals surface area contributed by atoms with Gasteiger partial charge in [-0.1, -0.05) is 127 Å². The molecule has 54 heavy (non-hydrogen) atoms. The predicted molar refractivity (Wildman–Crippen MR) is 199 cm³/mol. The number of hydrogen-bond acceptors (Lipinski definition) is 11. The first kappa shape index (κ1) is 39.9. The largest absolute Gasteiger partial charge is 0.394 e. The molecule has 2 aliphatic rings. The summed E-state index contributed by atoms with van der Waals surface area (Å²) in [6.07, 6.45) is -9.11. The number of aliphatic hydroxyl groups is 3. The molecule has 2 fully saturated rings. The summed E-state index contributed by atoms with van der Waals surface area (Å²) in [6, 6.07) is 38.5. The van der Waals surface area contributed by atoms with Gasteiger partial charge in [-0.25, -0.2) is 0 Å². The van der Waals surface area contributed by atoms with E-state index >= 15 is 0 Å². The van der Waals surface area contributed by atoms with Crippen molar-refractivity contribution >= 4 is 0 Å². The Balaban J connectivity index is 1.31. The Morgan fingerprint density at radius 1 is 0.537 bits per heavy atom. The van der Waals surface area contributed by atoms with Crippen molar-refractivity contribution in [3.05, 3.63) is 156 Å². The second-order valence-electron chi connectivity index (χ2n) is 13.3. The van der Waals surface area contributed by atoms with Gasteiger partial charge in [0.25, 0.3) is 0 Å². The van der Waals surface area contributed by atoms with Gasteiger partial charge in [-0.3, -0.25) is 0 Å². The van der Waals surface area contributed by atoms with Crippen molar-refractivity contribution in [2.45, 2.75) is 87.8 Å². The molecular formula is C43H50O11. The number of ether oxygens (including phenoxy) is 8. The summed E-state index contributed by atoms with van der Waals surface area (Å²) in [5.74, 6) is 0. The third-order valence-electron chi connectivity index (χ3n) is 9.36. The van der Waals surface area contributed by atoms with Gasteiger partial charge in [-0.05, 0) is 22.3 Å². The molecule has 0 aliphatic carbocycles. The Bertz CT molecular complexity index is 1630. The maximum Gasteiger partial charge on any atom is 0.187 e. The molecule has 0 saturated carbocycles. The highest BCUT2D eigenvalue weighted by atomic mass is 16.7.